The third kappa shape index (κ3) is 8.90. The van der Waals surface area contributed by atoms with Crippen molar-refractivity contribution in [2.45, 2.75) is 75.9 Å². The second-order valence-corrected chi connectivity index (χ2v) is 12.5. The lowest BCUT2D eigenvalue weighted by Gasteiger charge is -2.46. The molecular formula is C30H47N3O4S. The first-order valence-electron chi connectivity index (χ1n) is 14.2. The summed E-state index contributed by atoms with van der Waals surface area (Å²) >= 11 is 1.67. The van der Waals surface area contributed by atoms with Crippen LogP contribution >= 0.6 is 11.8 Å². The number of nitrogens with zero attached hydrogens (tertiary/aromatic N) is 1. The summed E-state index contributed by atoms with van der Waals surface area (Å²) in [6.07, 6.45) is 7.99. The predicted octanol–water partition coefficient (Wildman–Crippen LogP) is 4.18. The van der Waals surface area contributed by atoms with Crippen molar-refractivity contribution in [3.8, 4) is 0 Å². The number of likely N-dealkylation sites (N-methyl/N-ethyl adjacent to an activating group) is 1. The lowest BCUT2D eigenvalue weighted by Crippen LogP contribution is -2.49. The number of hydrogen-bond acceptors (Lipinski definition) is 7. The largest absolute Gasteiger partial charge is 0.379 e. The summed E-state index contributed by atoms with van der Waals surface area (Å²) in [5, 5.41) is 6.40. The van der Waals surface area contributed by atoms with Crippen LogP contribution in [0.3, 0.4) is 0 Å². The molecule has 2 fully saturated rings. The SMILES string of the molecule is CNC(=O)CCC(C=O)N(C)Cc1c(C=O)cccc1SCCOCCNC1C(C)CC2CC(C)CC1C2. The molecule has 2 bridgehead atoms. The van der Waals surface area contributed by atoms with Crippen molar-refractivity contribution in [2.24, 2.45) is 23.7 Å². The predicted molar refractivity (Wildman–Crippen MR) is 154 cm³/mol. The summed E-state index contributed by atoms with van der Waals surface area (Å²) in [4.78, 5) is 38.0. The Kier molecular flexibility index (Phi) is 12.8. The molecular weight excluding hydrogens is 498 g/mol. The monoisotopic (exact) mass is 545 g/mol. The maximum absolute atomic E-state index is 11.8. The highest BCUT2D eigenvalue weighted by Crippen LogP contribution is 2.44. The minimum absolute atomic E-state index is 0.0875. The zero-order chi connectivity index (χ0) is 27.5. The second kappa shape index (κ2) is 15.8. The molecule has 0 aromatic heterocycles. The number of thioether (sulfide) groups is 1. The summed E-state index contributed by atoms with van der Waals surface area (Å²) in [5.74, 6) is 4.04. The Hall–Kier alpha value is -1.74. The molecule has 3 rings (SSSR count). The lowest BCUT2D eigenvalue weighted by molar-refractivity contribution is -0.121. The minimum atomic E-state index is -0.393. The van der Waals surface area contributed by atoms with Gasteiger partial charge in [0.1, 0.15) is 12.6 Å². The molecule has 6 atom stereocenters. The van der Waals surface area contributed by atoms with E-state index in [1.165, 1.54) is 25.7 Å². The van der Waals surface area contributed by atoms with E-state index in [0.29, 0.717) is 37.8 Å². The highest BCUT2D eigenvalue weighted by Gasteiger charge is 2.39. The van der Waals surface area contributed by atoms with Gasteiger partial charge in [-0.2, -0.15) is 0 Å². The fourth-order valence-electron chi connectivity index (χ4n) is 6.56. The first-order valence-corrected chi connectivity index (χ1v) is 15.2. The molecule has 0 heterocycles. The van der Waals surface area contributed by atoms with Crippen LogP contribution in [0.4, 0.5) is 0 Å². The second-order valence-electron chi connectivity index (χ2n) is 11.4. The lowest BCUT2D eigenvalue weighted by atomic mass is 9.63. The van der Waals surface area contributed by atoms with E-state index in [0.717, 1.165) is 59.0 Å². The molecule has 6 unspecified atom stereocenters. The first kappa shape index (κ1) is 30.8. The molecule has 38 heavy (non-hydrogen) atoms. The molecule has 0 aliphatic heterocycles. The van der Waals surface area contributed by atoms with E-state index in [-0.39, 0.29) is 12.3 Å². The quantitative estimate of drug-likeness (QED) is 0.183. The van der Waals surface area contributed by atoms with Gasteiger partial charge < -0.3 is 20.2 Å². The summed E-state index contributed by atoms with van der Waals surface area (Å²) in [6.45, 7) is 7.50. The smallest absolute Gasteiger partial charge is 0.219 e. The van der Waals surface area contributed by atoms with Crippen LogP contribution in [0.5, 0.6) is 0 Å². The van der Waals surface area contributed by atoms with Gasteiger partial charge in [-0.3, -0.25) is 14.5 Å². The van der Waals surface area contributed by atoms with E-state index in [1.54, 1.807) is 18.8 Å². The minimum Gasteiger partial charge on any atom is -0.379 e. The zero-order valence-corrected chi connectivity index (χ0v) is 24.4. The average Bonchev–Trinajstić information content (AvgIpc) is 2.90. The molecule has 2 aliphatic carbocycles. The summed E-state index contributed by atoms with van der Waals surface area (Å²) < 4.78 is 5.96. The van der Waals surface area contributed by atoms with Gasteiger partial charge in [-0.05, 0) is 74.5 Å². The standard InChI is InChI=1S/C30H47N3O4S/c1-21-14-23-16-22(2)30(25(15-21)17-23)32-10-11-37-12-13-38-28-7-5-6-24(19-34)27(28)18-33(4)26(20-35)8-9-29(36)31-3/h5-7,19-23,25-26,30,32H,8-18H2,1-4H3,(H,31,36). The van der Waals surface area contributed by atoms with Gasteiger partial charge in [0.25, 0.3) is 0 Å². The molecule has 1 amide bonds. The van der Waals surface area contributed by atoms with E-state index in [4.69, 9.17) is 4.74 Å². The number of hydrogen-bond donors (Lipinski definition) is 2. The summed E-state index contributed by atoms with van der Waals surface area (Å²) in [7, 11) is 3.45. The van der Waals surface area contributed by atoms with E-state index >= 15 is 0 Å². The third-order valence-electron chi connectivity index (χ3n) is 8.39. The number of rotatable bonds is 16. The van der Waals surface area contributed by atoms with Crippen LogP contribution in [0.2, 0.25) is 0 Å². The fraction of sp³-hybridized carbons (Fsp3) is 0.700. The average molecular weight is 546 g/mol. The molecule has 2 aliphatic rings. The number of amides is 1. The summed E-state index contributed by atoms with van der Waals surface area (Å²) in [5.41, 5.74) is 1.54. The molecule has 2 N–H and O–H groups in total. The van der Waals surface area contributed by atoms with Crippen molar-refractivity contribution in [1.82, 2.24) is 15.5 Å². The van der Waals surface area contributed by atoms with Gasteiger partial charge in [0.15, 0.2) is 0 Å². The Morgan fingerprint density at radius 1 is 1.18 bits per heavy atom. The van der Waals surface area contributed by atoms with Crippen LogP contribution in [-0.2, 0) is 20.9 Å². The molecule has 2 saturated carbocycles. The zero-order valence-electron chi connectivity index (χ0n) is 23.6. The van der Waals surface area contributed by atoms with Gasteiger partial charge in [-0.15, -0.1) is 11.8 Å². The van der Waals surface area contributed by atoms with Crippen LogP contribution in [0, 0.1) is 23.7 Å². The van der Waals surface area contributed by atoms with Gasteiger partial charge in [-0.1, -0.05) is 26.0 Å². The Bertz CT molecular complexity index is 909. The Labute approximate surface area is 233 Å². The number of aldehydes is 2. The highest BCUT2D eigenvalue weighted by atomic mass is 32.2. The van der Waals surface area contributed by atoms with Crippen LogP contribution in [0.1, 0.15) is 68.3 Å². The van der Waals surface area contributed by atoms with E-state index < -0.39 is 6.04 Å². The van der Waals surface area contributed by atoms with Crippen molar-refractivity contribution >= 4 is 30.2 Å². The molecule has 212 valence electrons. The van der Waals surface area contributed by atoms with Gasteiger partial charge in [0, 0.05) is 48.8 Å². The maximum atomic E-state index is 11.8. The van der Waals surface area contributed by atoms with Crippen molar-refractivity contribution in [2.75, 3.05) is 39.6 Å². The molecule has 7 nitrogen and oxygen atoms in total. The number of ether oxygens (including phenoxy) is 1. The van der Waals surface area contributed by atoms with Gasteiger partial charge in [0.2, 0.25) is 5.91 Å². The van der Waals surface area contributed by atoms with Crippen LogP contribution in [-0.4, -0.2) is 75.1 Å². The number of carbonyl (C=O) groups excluding carboxylic acids is 3. The Morgan fingerprint density at radius 3 is 2.74 bits per heavy atom. The van der Waals surface area contributed by atoms with Crippen molar-refractivity contribution in [1.29, 1.82) is 0 Å². The fourth-order valence-corrected chi connectivity index (χ4v) is 7.52. The van der Waals surface area contributed by atoms with E-state index in [1.807, 2.05) is 30.1 Å². The van der Waals surface area contributed by atoms with Crippen molar-refractivity contribution < 1.29 is 19.1 Å². The Balaban J connectivity index is 1.44. The molecule has 0 spiro atoms. The maximum Gasteiger partial charge on any atom is 0.219 e. The highest BCUT2D eigenvalue weighted by molar-refractivity contribution is 7.99. The summed E-state index contributed by atoms with van der Waals surface area (Å²) in [6, 6.07) is 5.95. The third-order valence-corrected chi connectivity index (χ3v) is 9.45. The topological polar surface area (TPSA) is 87.7 Å². The first-order chi connectivity index (χ1) is 18.4. The molecule has 8 heteroatoms. The van der Waals surface area contributed by atoms with Gasteiger partial charge in [-0.25, -0.2) is 0 Å². The van der Waals surface area contributed by atoms with Crippen LogP contribution in [0.15, 0.2) is 23.1 Å². The van der Waals surface area contributed by atoms with Crippen LogP contribution in [0.25, 0.3) is 0 Å². The van der Waals surface area contributed by atoms with Crippen molar-refractivity contribution in [3.63, 3.8) is 0 Å². The van der Waals surface area contributed by atoms with Gasteiger partial charge in [0.05, 0.1) is 19.3 Å². The Morgan fingerprint density at radius 2 is 2.00 bits per heavy atom. The molecule has 0 radical (unpaired) electrons. The molecule has 1 aromatic rings. The van der Waals surface area contributed by atoms with Crippen LogP contribution < -0.4 is 10.6 Å². The number of nitrogens with one attached hydrogen (secondary N) is 2. The number of fused-ring (bicyclic) bond motifs is 2. The number of carbonyl (C=O) groups is 3. The van der Waals surface area contributed by atoms with E-state index in [2.05, 4.69) is 24.5 Å². The normalized spacial score (nSPS) is 25.7. The van der Waals surface area contributed by atoms with E-state index in [9.17, 15) is 14.4 Å². The molecule has 0 saturated heterocycles. The van der Waals surface area contributed by atoms with Gasteiger partial charge >= 0.3 is 0 Å². The molecule has 1 aromatic carbocycles. The number of benzene rings is 1. The van der Waals surface area contributed by atoms with Crippen molar-refractivity contribution in [3.05, 3.63) is 29.3 Å².